The summed E-state index contributed by atoms with van der Waals surface area (Å²) in [5, 5.41) is 12.2. The van der Waals surface area contributed by atoms with E-state index in [9.17, 15) is 9.59 Å². The molecule has 0 bridgehead atoms. The van der Waals surface area contributed by atoms with Crippen molar-refractivity contribution < 1.29 is 14.3 Å². The highest BCUT2D eigenvalue weighted by Crippen LogP contribution is 2.21. The van der Waals surface area contributed by atoms with Gasteiger partial charge in [-0.05, 0) is 30.7 Å². The minimum Gasteiger partial charge on any atom is -0.447 e. The lowest BCUT2D eigenvalue weighted by Crippen LogP contribution is -2.23. The molecule has 2 aromatic rings. The minimum absolute atomic E-state index is 0.247. The van der Waals surface area contributed by atoms with Gasteiger partial charge in [0.1, 0.15) is 11.6 Å². The van der Waals surface area contributed by atoms with Crippen LogP contribution in [0.3, 0.4) is 0 Å². The van der Waals surface area contributed by atoms with Crippen LogP contribution in [0, 0.1) is 0 Å². The van der Waals surface area contributed by atoms with Crippen LogP contribution in [0.5, 0.6) is 0 Å². The molecule has 0 aliphatic carbocycles. The van der Waals surface area contributed by atoms with E-state index >= 15 is 0 Å². The Balaban J connectivity index is 1.62. The van der Waals surface area contributed by atoms with E-state index in [1.165, 1.54) is 16.2 Å². The van der Waals surface area contributed by atoms with Crippen molar-refractivity contribution in [2.75, 3.05) is 23.4 Å². The van der Waals surface area contributed by atoms with Crippen molar-refractivity contribution >= 4 is 34.2 Å². The standard InChI is InChI=1S/C16H18N4O3S/c1-2-3-4-13-18-19-15(24-13)17-14(21)11-5-7-12(8-6-11)20-9-10-23-16(20)22/h5-8H,2-4,9-10H2,1H3,(H,17,19,21). The number of unbranched alkanes of at least 4 members (excludes halogenated alkanes) is 1. The van der Waals surface area contributed by atoms with E-state index < -0.39 is 0 Å². The molecule has 0 atom stereocenters. The summed E-state index contributed by atoms with van der Waals surface area (Å²) in [6, 6.07) is 6.81. The molecule has 0 unspecified atom stereocenters. The van der Waals surface area contributed by atoms with Crippen molar-refractivity contribution in [1.29, 1.82) is 0 Å². The predicted molar refractivity (Wildman–Crippen MR) is 91.6 cm³/mol. The van der Waals surface area contributed by atoms with Crippen LogP contribution in [0.4, 0.5) is 15.6 Å². The Morgan fingerprint density at radius 3 is 2.79 bits per heavy atom. The van der Waals surface area contributed by atoms with Crippen LogP contribution in [0.1, 0.15) is 35.1 Å². The highest BCUT2D eigenvalue weighted by Gasteiger charge is 2.23. The number of carbonyl (C=O) groups is 2. The Bertz CT molecular complexity index is 729. The van der Waals surface area contributed by atoms with E-state index in [2.05, 4.69) is 22.4 Å². The number of amides is 2. The van der Waals surface area contributed by atoms with Crippen LogP contribution in [0.15, 0.2) is 24.3 Å². The second-order valence-electron chi connectivity index (χ2n) is 5.37. The predicted octanol–water partition coefficient (Wildman–Crippen LogP) is 3.09. The number of aryl methyl sites for hydroxylation is 1. The minimum atomic E-state index is -0.360. The average molecular weight is 346 g/mol. The lowest BCUT2D eigenvalue weighted by molar-refractivity contribution is 0.102. The molecule has 0 spiro atoms. The second-order valence-corrected chi connectivity index (χ2v) is 6.43. The molecular formula is C16H18N4O3S. The first-order valence-corrected chi connectivity index (χ1v) is 8.67. The molecule has 2 amide bonds. The van der Waals surface area contributed by atoms with Crippen molar-refractivity contribution in [1.82, 2.24) is 10.2 Å². The summed E-state index contributed by atoms with van der Waals surface area (Å²) in [6.07, 6.45) is 2.67. The van der Waals surface area contributed by atoms with Crippen molar-refractivity contribution in [3.8, 4) is 0 Å². The summed E-state index contributed by atoms with van der Waals surface area (Å²) < 4.78 is 4.90. The maximum atomic E-state index is 12.3. The van der Waals surface area contributed by atoms with Gasteiger partial charge in [-0.3, -0.25) is 15.0 Å². The highest BCUT2D eigenvalue weighted by atomic mass is 32.1. The van der Waals surface area contributed by atoms with E-state index in [-0.39, 0.29) is 12.0 Å². The molecule has 3 rings (SSSR count). The summed E-state index contributed by atoms with van der Waals surface area (Å²) in [5.41, 5.74) is 1.21. The number of cyclic esters (lactones) is 1. The molecule has 1 fully saturated rings. The molecule has 2 heterocycles. The lowest BCUT2D eigenvalue weighted by Gasteiger charge is -2.12. The van der Waals surface area contributed by atoms with Gasteiger partial charge in [0.2, 0.25) is 5.13 Å². The fourth-order valence-electron chi connectivity index (χ4n) is 2.32. The summed E-state index contributed by atoms with van der Waals surface area (Å²) in [4.78, 5) is 25.3. The number of nitrogens with zero attached hydrogens (tertiary/aromatic N) is 3. The van der Waals surface area contributed by atoms with Gasteiger partial charge in [0.05, 0.1) is 6.54 Å². The number of benzene rings is 1. The van der Waals surface area contributed by atoms with E-state index in [1.54, 1.807) is 24.3 Å². The first-order valence-electron chi connectivity index (χ1n) is 7.85. The lowest BCUT2D eigenvalue weighted by atomic mass is 10.2. The molecule has 0 saturated carbocycles. The first kappa shape index (κ1) is 16.4. The van der Waals surface area contributed by atoms with Gasteiger partial charge in [0, 0.05) is 17.7 Å². The zero-order chi connectivity index (χ0) is 16.9. The largest absolute Gasteiger partial charge is 0.447 e. The van der Waals surface area contributed by atoms with Gasteiger partial charge in [0.25, 0.3) is 5.91 Å². The molecule has 1 aromatic carbocycles. The van der Waals surface area contributed by atoms with E-state index in [0.717, 1.165) is 24.3 Å². The zero-order valence-corrected chi connectivity index (χ0v) is 14.1. The molecular weight excluding hydrogens is 328 g/mol. The molecule has 0 radical (unpaired) electrons. The maximum Gasteiger partial charge on any atom is 0.414 e. The fraction of sp³-hybridized carbons (Fsp3) is 0.375. The van der Waals surface area contributed by atoms with Crippen molar-refractivity contribution in [3.63, 3.8) is 0 Å². The van der Waals surface area contributed by atoms with Gasteiger partial charge in [-0.25, -0.2) is 4.79 Å². The number of nitrogens with one attached hydrogen (secondary N) is 1. The summed E-state index contributed by atoms with van der Waals surface area (Å²) in [5.74, 6) is -0.247. The average Bonchev–Trinajstić information content (AvgIpc) is 3.22. The van der Waals surface area contributed by atoms with Crippen LogP contribution in [0.2, 0.25) is 0 Å². The molecule has 7 nitrogen and oxygen atoms in total. The van der Waals surface area contributed by atoms with Gasteiger partial charge in [-0.1, -0.05) is 24.7 Å². The quantitative estimate of drug-likeness (QED) is 0.869. The Morgan fingerprint density at radius 2 is 2.12 bits per heavy atom. The molecule has 24 heavy (non-hydrogen) atoms. The third-order valence-electron chi connectivity index (χ3n) is 3.63. The smallest absolute Gasteiger partial charge is 0.414 e. The number of rotatable bonds is 6. The molecule has 1 aliphatic heterocycles. The molecule has 1 aliphatic rings. The SMILES string of the molecule is CCCCc1nnc(NC(=O)c2ccc(N3CCOC3=O)cc2)s1. The van der Waals surface area contributed by atoms with E-state index in [1.807, 2.05) is 0 Å². The molecule has 1 aromatic heterocycles. The van der Waals surface area contributed by atoms with Crippen LogP contribution < -0.4 is 10.2 Å². The maximum absolute atomic E-state index is 12.3. The normalized spacial score (nSPS) is 13.9. The number of hydrogen-bond acceptors (Lipinski definition) is 6. The van der Waals surface area contributed by atoms with Crippen LogP contribution in [-0.4, -0.2) is 35.3 Å². The van der Waals surface area contributed by atoms with Gasteiger partial charge in [-0.15, -0.1) is 10.2 Å². The number of anilines is 2. The Hall–Kier alpha value is -2.48. The number of hydrogen-bond donors (Lipinski definition) is 1. The van der Waals surface area contributed by atoms with Gasteiger partial charge in [0.15, 0.2) is 0 Å². The topological polar surface area (TPSA) is 84.4 Å². The Kier molecular flexibility index (Phi) is 5.05. The van der Waals surface area contributed by atoms with Gasteiger partial charge in [-0.2, -0.15) is 0 Å². The zero-order valence-electron chi connectivity index (χ0n) is 13.3. The summed E-state index contributed by atoms with van der Waals surface area (Å²) in [6.45, 7) is 3.03. The number of carbonyl (C=O) groups excluding carboxylic acids is 2. The third kappa shape index (κ3) is 3.70. The molecule has 8 heteroatoms. The highest BCUT2D eigenvalue weighted by molar-refractivity contribution is 7.15. The van der Waals surface area contributed by atoms with Crippen LogP contribution in [0.25, 0.3) is 0 Å². The second kappa shape index (κ2) is 7.39. The molecule has 1 N–H and O–H groups in total. The molecule has 126 valence electrons. The Morgan fingerprint density at radius 1 is 1.33 bits per heavy atom. The van der Waals surface area contributed by atoms with Crippen molar-refractivity contribution in [3.05, 3.63) is 34.8 Å². The Labute approximate surface area is 143 Å². The summed E-state index contributed by atoms with van der Waals surface area (Å²) >= 11 is 1.40. The molecule has 1 saturated heterocycles. The van der Waals surface area contributed by atoms with Gasteiger partial charge >= 0.3 is 6.09 Å². The van der Waals surface area contributed by atoms with Crippen LogP contribution >= 0.6 is 11.3 Å². The third-order valence-corrected chi connectivity index (χ3v) is 4.53. The van der Waals surface area contributed by atoms with Gasteiger partial charge < -0.3 is 4.74 Å². The first-order chi connectivity index (χ1) is 11.7. The fourth-order valence-corrected chi connectivity index (χ4v) is 3.10. The van der Waals surface area contributed by atoms with Crippen molar-refractivity contribution in [2.24, 2.45) is 0 Å². The number of ether oxygens (including phenoxy) is 1. The van der Waals surface area contributed by atoms with Crippen molar-refractivity contribution in [2.45, 2.75) is 26.2 Å². The van der Waals surface area contributed by atoms with E-state index in [4.69, 9.17) is 4.74 Å². The monoisotopic (exact) mass is 346 g/mol. The number of aromatic nitrogens is 2. The van der Waals surface area contributed by atoms with E-state index in [0.29, 0.717) is 29.5 Å². The summed E-state index contributed by atoms with van der Waals surface area (Å²) in [7, 11) is 0. The van der Waals surface area contributed by atoms with Crippen LogP contribution in [-0.2, 0) is 11.2 Å².